The highest BCUT2D eigenvalue weighted by Crippen LogP contribution is 2.58. The smallest absolute Gasteiger partial charge is 0.0522 e. The summed E-state index contributed by atoms with van der Waals surface area (Å²) < 4.78 is 0. The van der Waals surface area contributed by atoms with Crippen LogP contribution in [-0.2, 0) is 12.0 Å². The minimum Gasteiger partial charge on any atom is -0.395 e. The first kappa shape index (κ1) is 15.9. The first-order chi connectivity index (χ1) is 11.6. The quantitative estimate of drug-likeness (QED) is 0.905. The molecule has 0 bridgehead atoms. The highest BCUT2D eigenvalue weighted by molar-refractivity contribution is 5.36. The summed E-state index contributed by atoms with van der Waals surface area (Å²) in [7, 11) is 0. The zero-order valence-electron chi connectivity index (χ0n) is 14.7. The SMILES string of the molecule is CC(C)(CO)c1cccc([C@H]2[C@@H]3CN(Cc4ccccc4)C[C@@H]32)c1. The second-order valence-corrected chi connectivity index (χ2v) is 8.20. The first-order valence-electron chi connectivity index (χ1n) is 9.06. The lowest BCUT2D eigenvalue weighted by Gasteiger charge is -2.24. The maximum absolute atomic E-state index is 9.62. The second kappa shape index (κ2) is 6.02. The maximum Gasteiger partial charge on any atom is 0.0522 e. The zero-order chi connectivity index (χ0) is 16.7. The lowest BCUT2D eigenvalue weighted by Crippen LogP contribution is -2.24. The number of benzene rings is 2. The Hall–Kier alpha value is -1.64. The first-order valence-corrected chi connectivity index (χ1v) is 9.06. The van der Waals surface area contributed by atoms with Crippen LogP contribution in [0, 0.1) is 11.8 Å². The number of hydrogen-bond acceptors (Lipinski definition) is 2. The van der Waals surface area contributed by atoms with Crippen LogP contribution in [0.5, 0.6) is 0 Å². The van der Waals surface area contributed by atoms with E-state index < -0.39 is 0 Å². The van der Waals surface area contributed by atoms with E-state index in [-0.39, 0.29) is 12.0 Å². The van der Waals surface area contributed by atoms with Crippen molar-refractivity contribution >= 4 is 0 Å². The number of likely N-dealkylation sites (tertiary alicyclic amines) is 1. The van der Waals surface area contributed by atoms with Gasteiger partial charge in [-0.25, -0.2) is 0 Å². The van der Waals surface area contributed by atoms with Crippen LogP contribution >= 0.6 is 0 Å². The summed E-state index contributed by atoms with van der Waals surface area (Å²) in [6, 6.07) is 19.7. The van der Waals surface area contributed by atoms with Gasteiger partial charge in [-0.1, -0.05) is 68.4 Å². The standard InChI is InChI=1S/C22H27NO/c1-22(2,15-24)18-10-6-9-17(11-18)21-19-13-23(14-20(19)21)12-16-7-4-3-5-8-16/h3-11,19-21,24H,12-15H2,1-2H3/t19-,20+,21+. The third kappa shape index (κ3) is 2.89. The normalized spacial score (nSPS) is 26.4. The molecular weight excluding hydrogens is 294 g/mol. The van der Waals surface area contributed by atoms with Crippen LogP contribution in [0.4, 0.5) is 0 Å². The van der Waals surface area contributed by atoms with Gasteiger partial charge >= 0.3 is 0 Å². The summed E-state index contributed by atoms with van der Waals surface area (Å²) in [4.78, 5) is 2.60. The lowest BCUT2D eigenvalue weighted by molar-refractivity contribution is 0.218. The number of fused-ring (bicyclic) bond motifs is 1. The molecule has 0 amide bonds. The van der Waals surface area contributed by atoms with Crippen LogP contribution in [0.25, 0.3) is 0 Å². The molecule has 3 atom stereocenters. The van der Waals surface area contributed by atoms with Gasteiger partial charge in [-0.05, 0) is 34.4 Å². The van der Waals surface area contributed by atoms with Crippen LogP contribution in [-0.4, -0.2) is 29.7 Å². The number of aliphatic hydroxyl groups excluding tert-OH is 1. The van der Waals surface area contributed by atoms with Crippen molar-refractivity contribution in [2.24, 2.45) is 11.8 Å². The van der Waals surface area contributed by atoms with Gasteiger partial charge in [0.1, 0.15) is 0 Å². The number of piperidine rings is 1. The predicted octanol–water partition coefficient (Wildman–Crippen LogP) is 3.80. The third-order valence-corrected chi connectivity index (χ3v) is 5.97. The molecular formula is C22H27NO. The monoisotopic (exact) mass is 321 g/mol. The van der Waals surface area contributed by atoms with Crippen molar-refractivity contribution in [3.63, 3.8) is 0 Å². The summed E-state index contributed by atoms with van der Waals surface area (Å²) in [5.74, 6) is 2.37. The molecule has 1 aliphatic heterocycles. The Kier molecular flexibility index (Phi) is 3.98. The van der Waals surface area contributed by atoms with Gasteiger partial charge < -0.3 is 5.11 Å². The Labute approximate surface area is 145 Å². The highest BCUT2D eigenvalue weighted by atomic mass is 16.3. The van der Waals surface area contributed by atoms with E-state index >= 15 is 0 Å². The predicted molar refractivity (Wildman–Crippen MR) is 98.0 cm³/mol. The van der Waals surface area contributed by atoms with E-state index in [0.717, 1.165) is 24.3 Å². The Bertz CT molecular complexity index is 697. The van der Waals surface area contributed by atoms with Crippen molar-refractivity contribution < 1.29 is 5.11 Å². The molecule has 2 aliphatic rings. The molecule has 0 radical (unpaired) electrons. The van der Waals surface area contributed by atoms with E-state index in [0.29, 0.717) is 0 Å². The molecule has 2 aromatic rings. The molecule has 126 valence electrons. The van der Waals surface area contributed by atoms with Crippen molar-refractivity contribution in [2.75, 3.05) is 19.7 Å². The average molecular weight is 321 g/mol. The number of aliphatic hydroxyl groups is 1. The summed E-state index contributed by atoms with van der Waals surface area (Å²) in [6.45, 7) is 7.94. The lowest BCUT2D eigenvalue weighted by atomic mass is 9.84. The van der Waals surface area contributed by atoms with Gasteiger partial charge in [0.2, 0.25) is 0 Å². The Morgan fingerprint density at radius 3 is 2.38 bits per heavy atom. The molecule has 0 spiro atoms. The molecule has 2 nitrogen and oxygen atoms in total. The molecule has 1 saturated heterocycles. The molecule has 2 aromatic carbocycles. The van der Waals surface area contributed by atoms with Gasteiger partial charge in [-0.15, -0.1) is 0 Å². The van der Waals surface area contributed by atoms with E-state index in [1.807, 2.05) is 0 Å². The Morgan fingerprint density at radius 1 is 1.00 bits per heavy atom. The van der Waals surface area contributed by atoms with E-state index in [4.69, 9.17) is 0 Å². The van der Waals surface area contributed by atoms with E-state index in [1.165, 1.54) is 29.8 Å². The van der Waals surface area contributed by atoms with Gasteiger partial charge in [-0.3, -0.25) is 4.90 Å². The fourth-order valence-electron chi connectivity index (χ4n) is 4.34. The summed E-state index contributed by atoms with van der Waals surface area (Å²) in [6.07, 6.45) is 0. The molecule has 1 heterocycles. The number of nitrogens with zero attached hydrogens (tertiary/aromatic N) is 1. The number of rotatable bonds is 5. The topological polar surface area (TPSA) is 23.5 Å². The molecule has 1 N–H and O–H groups in total. The summed E-state index contributed by atoms with van der Waals surface area (Å²) in [5.41, 5.74) is 4.00. The fraction of sp³-hybridized carbons (Fsp3) is 0.455. The van der Waals surface area contributed by atoms with Crippen molar-refractivity contribution in [3.8, 4) is 0 Å². The second-order valence-electron chi connectivity index (χ2n) is 8.20. The van der Waals surface area contributed by atoms with Crippen LogP contribution < -0.4 is 0 Å². The Balaban J connectivity index is 1.41. The van der Waals surface area contributed by atoms with E-state index in [1.54, 1.807) is 0 Å². The maximum atomic E-state index is 9.62. The molecule has 0 unspecified atom stereocenters. The van der Waals surface area contributed by atoms with Gasteiger partial charge in [0.15, 0.2) is 0 Å². The highest BCUT2D eigenvalue weighted by Gasteiger charge is 2.55. The van der Waals surface area contributed by atoms with E-state index in [9.17, 15) is 5.11 Å². The average Bonchev–Trinajstić information content (AvgIpc) is 3.11. The minimum atomic E-state index is -0.153. The molecule has 24 heavy (non-hydrogen) atoms. The van der Waals surface area contributed by atoms with E-state index in [2.05, 4.69) is 73.3 Å². The molecule has 2 fully saturated rings. The van der Waals surface area contributed by atoms with Crippen molar-refractivity contribution in [3.05, 3.63) is 71.3 Å². The van der Waals surface area contributed by atoms with Crippen molar-refractivity contribution in [1.29, 1.82) is 0 Å². The van der Waals surface area contributed by atoms with Crippen molar-refractivity contribution in [2.45, 2.75) is 31.7 Å². The number of hydrogen-bond donors (Lipinski definition) is 1. The summed E-state index contributed by atoms with van der Waals surface area (Å²) in [5, 5.41) is 9.62. The van der Waals surface area contributed by atoms with Gasteiger partial charge in [-0.2, -0.15) is 0 Å². The molecule has 1 saturated carbocycles. The minimum absolute atomic E-state index is 0.153. The van der Waals surface area contributed by atoms with Gasteiger partial charge in [0.25, 0.3) is 0 Å². The Morgan fingerprint density at radius 2 is 1.71 bits per heavy atom. The van der Waals surface area contributed by atoms with Crippen LogP contribution in [0.3, 0.4) is 0 Å². The molecule has 2 heteroatoms. The molecule has 1 aliphatic carbocycles. The zero-order valence-corrected chi connectivity index (χ0v) is 14.7. The van der Waals surface area contributed by atoms with Gasteiger partial charge in [0.05, 0.1) is 6.61 Å². The third-order valence-electron chi connectivity index (χ3n) is 5.97. The molecule has 0 aromatic heterocycles. The fourth-order valence-corrected chi connectivity index (χ4v) is 4.34. The molecule has 4 rings (SSSR count). The van der Waals surface area contributed by atoms with Crippen molar-refractivity contribution in [1.82, 2.24) is 4.90 Å². The van der Waals surface area contributed by atoms with Gasteiger partial charge in [0, 0.05) is 25.0 Å². The van der Waals surface area contributed by atoms with Crippen LogP contribution in [0.2, 0.25) is 0 Å². The van der Waals surface area contributed by atoms with Crippen LogP contribution in [0.1, 0.15) is 36.5 Å². The summed E-state index contributed by atoms with van der Waals surface area (Å²) >= 11 is 0. The van der Waals surface area contributed by atoms with Crippen LogP contribution in [0.15, 0.2) is 54.6 Å². The largest absolute Gasteiger partial charge is 0.395 e.